The van der Waals surface area contributed by atoms with Gasteiger partial charge < -0.3 is 15.4 Å². The molecule has 0 fully saturated rings. The summed E-state index contributed by atoms with van der Waals surface area (Å²) in [6.45, 7) is 3.15. The molecule has 7 heteroatoms. The molecule has 2 amide bonds. The Morgan fingerprint density at radius 1 is 1.00 bits per heavy atom. The van der Waals surface area contributed by atoms with Gasteiger partial charge in [-0.2, -0.15) is 0 Å². The molecular weight excluding hydrogens is 370 g/mol. The molecule has 0 aliphatic carbocycles. The van der Waals surface area contributed by atoms with Crippen molar-refractivity contribution in [3.8, 4) is 0 Å². The van der Waals surface area contributed by atoms with Gasteiger partial charge in [-0.25, -0.2) is 4.79 Å². The fourth-order valence-corrected chi connectivity index (χ4v) is 3.08. The van der Waals surface area contributed by atoms with Crippen molar-refractivity contribution >= 4 is 34.4 Å². The van der Waals surface area contributed by atoms with Gasteiger partial charge in [-0.15, -0.1) is 0 Å². The molecule has 3 rings (SSSR count). The molecule has 0 saturated carbocycles. The van der Waals surface area contributed by atoms with E-state index in [1.807, 2.05) is 31.2 Å². The molecule has 148 valence electrons. The van der Waals surface area contributed by atoms with E-state index in [-0.39, 0.29) is 5.91 Å². The van der Waals surface area contributed by atoms with Crippen LogP contribution in [0.25, 0.3) is 10.9 Å². The highest BCUT2D eigenvalue weighted by Crippen LogP contribution is 2.23. The van der Waals surface area contributed by atoms with Gasteiger partial charge in [0.2, 0.25) is 0 Å². The van der Waals surface area contributed by atoms with Gasteiger partial charge in [0.25, 0.3) is 11.8 Å². The second kappa shape index (κ2) is 8.52. The highest BCUT2D eigenvalue weighted by molar-refractivity contribution is 6.00. The van der Waals surface area contributed by atoms with E-state index >= 15 is 0 Å². The van der Waals surface area contributed by atoms with E-state index in [1.54, 1.807) is 38.2 Å². The lowest BCUT2D eigenvalue weighted by molar-refractivity contribution is -0.119. The van der Waals surface area contributed by atoms with Gasteiger partial charge in [-0.05, 0) is 49.7 Å². The van der Waals surface area contributed by atoms with Crippen LogP contribution in [0.3, 0.4) is 0 Å². The van der Waals surface area contributed by atoms with Crippen LogP contribution in [0.2, 0.25) is 0 Å². The average molecular weight is 391 g/mol. The number of fused-ring (bicyclic) bond motifs is 1. The van der Waals surface area contributed by atoms with Gasteiger partial charge in [-0.3, -0.25) is 14.6 Å². The molecule has 3 aromatic rings. The normalized spacial score (nSPS) is 10.4. The summed E-state index contributed by atoms with van der Waals surface area (Å²) in [6.07, 6.45) is 0. The first-order valence-corrected chi connectivity index (χ1v) is 9.05. The predicted molar refractivity (Wildman–Crippen MR) is 110 cm³/mol. The largest absolute Gasteiger partial charge is 0.452 e. The molecule has 0 aliphatic heterocycles. The molecule has 7 nitrogen and oxygen atoms in total. The summed E-state index contributed by atoms with van der Waals surface area (Å²) in [5.74, 6) is -1.29. The summed E-state index contributed by atoms with van der Waals surface area (Å²) in [5.41, 5.74) is 3.47. The summed E-state index contributed by atoms with van der Waals surface area (Å²) >= 11 is 0. The van der Waals surface area contributed by atoms with Crippen LogP contribution in [0, 0.1) is 13.8 Å². The number of pyridine rings is 1. The summed E-state index contributed by atoms with van der Waals surface area (Å²) in [6, 6.07) is 13.9. The quantitative estimate of drug-likeness (QED) is 0.652. The van der Waals surface area contributed by atoms with Crippen LogP contribution < -0.4 is 10.6 Å². The van der Waals surface area contributed by atoms with Gasteiger partial charge >= 0.3 is 5.97 Å². The number of aryl methyl sites for hydroxylation is 2. The Bertz CT molecular complexity index is 1090. The monoisotopic (exact) mass is 391 g/mol. The maximum Gasteiger partial charge on any atom is 0.340 e. The lowest BCUT2D eigenvalue weighted by Gasteiger charge is -2.12. The lowest BCUT2D eigenvalue weighted by atomic mass is 10.0. The topological polar surface area (TPSA) is 97.4 Å². The van der Waals surface area contributed by atoms with E-state index in [2.05, 4.69) is 15.6 Å². The van der Waals surface area contributed by atoms with Gasteiger partial charge in [0.1, 0.15) is 0 Å². The molecule has 0 spiro atoms. The number of amides is 2. The number of hydrogen-bond acceptors (Lipinski definition) is 5. The molecule has 0 bridgehead atoms. The van der Waals surface area contributed by atoms with Crippen LogP contribution in [0.4, 0.5) is 5.69 Å². The SMILES string of the molecule is CNC(=O)c1ccc(NC(=O)COC(=O)c2c(C)nc3ccccc3c2C)cc1. The number of rotatable bonds is 5. The van der Waals surface area contributed by atoms with E-state index in [0.29, 0.717) is 22.5 Å². The zero-order chi connectivity index (χ0) is 21.0. The second-order valence-corrected chi connectivity index (χ2v) is 6.50. The zero-order valence-electron chi connectivity index (χ0n) is 16.4. The summed E-state index contributed by atoms with van der Waals surface area (Å²) in [7, 11) is 1.54. The standard InChI is InChI=1S/C22H21N3O4/c1-13-17-6-4-5-7-18(17)24-14(2)20(13)22(28)29-12-19(26)25-16-10-8-15(9-11-16)21(27)23-3/h4-11H,12H2,1-3H3,(H,23,27)(H,25,26). The van der Waals surface area contributed by atoms with Crippen LogP contribution in [0.5, 0.6) is 0 Å². The zero-order valence-corrected chi connectivity index (χ0v) is 16.4. The Hall–Kier alpha value is -3.74. The van der Waals surface area contributed by atoms with Gasteiger partial charge in [-0.1, -0.05) is 18.2 Å². The Kier molecular flexibility index (Phi) is 5.87. The molecule has 1 heterocycles. The maximum atomic E-state index is 12.6. The third kappa shape index (κ3) is 4.40. The van der Waals surface area contributed by atoms with Crippen molar-refractivity contribution in [1.29, 1.82) is 0 Å². The van der Waals surface area contributed by atoms with Crippen molar-refractivity contribution in [3.05, 3.63) is 70.9 Å². The highest BCUT2D eigenvalue weighted by atomic mass is 16.5. The fraction of sp³-hybridized carbons (Fsp3) is 0.182. The third-order valence-electron chi connectivity index (χ3n) is 4.53. The van der Waals surface area contributed by atoms with Gasteiger partial charge in [0.05, 0.1) is 16.8 Å². The van der Waals surface area contributed by atoms with E-state index in [1.165, 1.54) is 0 Å². The molecule has 2 N–H and O–H groups in total. The smallest absolute Gasteiger partial charge is 0.340 e. The van der Waals surface area contributed by atoms with Gasteiger partial charge in [0, 0.05) is 23.7 Å². The van der Waals surface area contributed by atoms with Crippen LogP contribution in [0.1, 0.15) is 32.0 Å². The number of esters is 1. The minimum atomic E-state index is -0.594. The number of aromatic nitrogens is 1. The molecular formula is C22H21N3O4. The van der Waals surface area contributed by atoms with Crippen molar-refractivity contribution in [2.75, 3.05) is 19.0 Å². The number of anilines is 1. The van der Waals surface area contributed by atoms with Gasteiger partial charge in [0.15, 0.2) is 6.61 Å². The van der Waals surface area contributed by atoms with Crippen molar-refractivity contribution in [1.82, 2.24) is 10.3 Å². The van der Waals surface area contributed by atoms with E-state index < -0.39 is 18.5 Å². The first-order chi connectivity index (χ1) is 13.9. The third-order valence-corrected chi connectivity index (χ3v) is 4.53. The number of nitrogens with zero attached hydrogens (tertiary/aromatic N) is 1. The molecule has 1 aromatic heterocycles. The molecule has 2 aromatic carbocycles. The molecule has 0 radical (unpaired) electrons. The first-order valence-electron chi connectivity index (χ1n) is 9.05. The number of hydrogen-bond donors (Lipinski definition) is 2. The second-order valence-electron chi connectivity index (χ2n) is 6.50. The summed E-state index contributed by atoms with van der Waals surface area (Å²) in [5, 5.41) is 6.02. The van der Waals surface area contributed by atoms with E-state index in [4.69, 9.17) is 4.74 Å². The average Bonchev–Trinajstić information content (AvgIpc) is 2.72. The minimum absolute atomic E-state index is 0.216. The summed E-state index contributed by atoms with van der Waals surface area (Å²) in [4.78, 5) is 40.7. The van der Waals surface area contributed by atoms with Crippen molar-refractivity contribution in [2.24, 2.45) is 0 Å². The fourth-order valence-electron chi connectivity index (χ4n) is 3.08. The summed E-state index contributed by atoms with van der Waals surface area (Å²) < 4.78 is 5.20. The number of benzene rings is 2. The Balaban J connectivity index is 1.65. The minimum Gasteiger partial charge on any atom is -0.452 e. The van der Waals surface area contributed by atoms with Crippen LogP contribution in [-0.4, -0.2) is 36.4 Å². The number of carbonyl (C=O) groups excluding carboxylic acids is 3. The Labute approximate surface area is 168 Å². The molecule has 29 heavy (non-hydrogen) atoms. The Morgan fingerprint density at radius 3 is 2.38 bits per heavy atom. The molecule has 0 atom stereocenters. The van der Waals surface area contributed by atoms with E-state index in [9.17, 15) is 14.4 Å². The lowest BCUT2D eigenvalue weighted by Crippen LogP contribution is -2.22. The van der Waals surface area contributed by atoms with E-state index in [0.717, 1.165) is 16.5 Å². The van der Waals surface area contributed by atoms with Crippen molar-refractivity contribution in [2.45, 2.75) is 13.8 Å². The number of para-hydroxylation sites is 1. The van der Waals surface area contributed by atoms with Crippen molar-refractivity contribution < 1.29 is 19.1 Å². The number of carbonyl (C=O) groups is 3. The predicted octanol–water partition coefficient (Wildman–Crippen LogP) is 3.01. The Morgan fingerprint density at radius 2 is 1.69 bits per heavy atom. The molecule has 0 saturated heterocycles. The van der Waals surface area contributed by atoms with Crippen LogP contribution in [0.15, 0.2) is 48.5 Å². The molecule has 0 unspecified atom stereocenters. The van der Waals surface area contributed by atoms with Crippen LogP contribution in [-0.2, 0) is 9.53 Å². The molecule has 0 aliphatic rings. The number of ether oxygens (including phenoxy) is 1. The number of nitrogens with one attached hydrogen (secondary N) is 2. The van der Waals surface area contributed by atoms with Crippen molar-refractivity contribution in [3.63, 3.8) is 0 Å². The first kappa shape index (κ1) is 20.0. The van der Waals surface area contributed by atoms with Crippen LogP contribution >= 0.6 is 0 Å². The maximum absolute atomic E-state index is 12.6. The highest BCUT2D eigenvalue weighted by Gasteiger charge is 2.18.